The van der Waals surface area contributed by atoms with E-state index in [2.05, 4.69) is 20.8 Å². The molecule has 0 unspecified atom stereocenters. The summed E-state index contributed by atoms with van der Waals surface area (Å²) in [6.45, 7) is 6.35. The summed E-state index contributed by atoms with van der Waals surface area (Å²) < 4.78 is 10.4. The standard InChI is InChI=1S/C5H10O2.Al.H/c1-5(2,3)4(6)7;;/h4H,1-3H3;;/q-2;+2;. The number of hydrogen-bond acceptors (Lipinski definition) is 2. The highest BCUT2D eigenvalue weighted by Crippen LogP contribution is 2.26. The summed E-state index contributed by atoms with van der Waals surface area (Å²) in [5.41, 5.74) is 0.186. The van der Waals surface area contributed by atoms with Gasteiger partial charge in [0, 0.05) is 5.41 Å². The fourth-order valence-corrected chi connectivity index (χ4v) is 1.91. The summed E-state index contributed by atoms with van der Waals surface area (Å²) in [6, 6.07) is 0. The molecule has 2 nitrogen and oxygen atoms in total. The van der Waals surface area contributed by atoms with Crippen LogP contribution in [0.2, 0.25) is 0 Å². The Morgan fingerprint density at radius 3 is 1.75 bits per heavy atom. The first-order chi connectivity index (χ1) is 3.61. The summed E-state index contributed by atoms with van der Waals surface area (Å²) in [5.74, 6) is 0. The Morgan fingerprint density at radius 2 is 1.75 bits per heavy atom. The van der Waals surface area contributed by atoms with Crippen molar-refractivity contribution in [1.29, 1.82) is 0 Å². The fraction of sp³-hybridized carbons (Fsp3) is 1.00. The Bertz CT molecular complexity index is 82.9. The second-order valence-corrected chi connectivity index (χ2v) is 4.05. The van der Waals surface area contributed by atoms with Crippen molar-refractivity contribution in [3.63, 3.8) is 0 Å². The van der Waals surface area contributed by atoms with E-state index in [1.165, 1.54) is 0 Å². The molecule has 8 heavy (non-hydrogen) atoms. The van der Waals surface area contributed by atoms with Crippen LogP contribution in [0.25, 0.3) is 0 Å². The molecule has 1 fully saturated rings. The van der Waals surface area contributed by atoms with E-state index in [1.807, 2.05) is 0 Å². The van der Waals surface area contributed by atoms with Crippen LogP contribution in [0.3, 0.4) is 0 Å². The van der Waals surface area contributed by atoms with Crippen molar-refractivity contribution in [1.82, 2.24) is 0 Å². The zero-order chi connectivity index (χ0) is 6.20. The summed E-state index contributed by atoms with van der Waals surface area (Å²) in [4.78, 5) is 0. The molecule has 0 atom stereocenters. The van der Waals surface area contributed by atoms with Gasteiger partial charge in [-0.05, 0) is 0 Å². The first-order valence-electron chi connectivity index (χ1n) is 2.84. The molecule has 0 bridgehead atoms. The molecule has 1 rings (SSSR count). The van der Waals surface area contributed by atoms with E-state index in [4.69, 9.17) is 7.58 Å². The monoisotopic (exact) mass is 130 g/mol. The Kier molecular flexibility index (Phi) is 1.64. The van der Waals surface area contributed by atoms with Crippen LogP contribution >= 0.6 is 0 Å². The number of hydrogen-bond donors (Lipinski definition) is 0. The molecule has 0 saturated carbocycles. The summed E-state index contributed by atoms with van der Waals surface area (Å²) in [7, 11) is 0. The lowest BCUT2D eigenvalue weighted by molar-refractivity contribution is -0.158. The third-order valence-corrected chi connectivity index (χ3v) is 2.02. The lowest BCUT2D eigenvalue weighted by Gasteiger charge is -2.38. The largest absolute Gasteiger partial charge is 0.653 e. The van der Waals surface area contributed by atoms with E-state index in [0.29, 0.717) is 0 Å². The Morgan fingerprint density at radius 1 is 1.25 bits per heavy atom. The van der Waals surface area contributed by atoms with Gasteiger partial charge in [-0.2, -0.15) is 0 Å². The second kappa shape index (κ2) is 2.00. The third kappa shape index (κ3) is 1.24. The first kappa shape index (κ1) is 6.57. The SMILES string of the molecule is CC(C)(C)C1[O][AlH][O]1. The predicted octanol–water partition coefficient (Wildman–Crippen LogP) is 0.672. The van der Waals surface area contributed by atoms with Gasteiger partial charge in [-0.3, -0.25) is 0 Å². The van der Waals surface area contributed by atoms with Gasteiger partial charge >= 0.3 is 15.9 Å². The molecule has 0 amide bonds. The maximum absolute atomic E-state index is 5.21. The quantitative estimate of drug-likeness (QED) is 0.449. The van der Waals surface area contributed by atoms with E-state index >= 15 is 0 Å². The molecule has 46 valence electrons. The van der Waals surface area contributed by atoms with E-state index in [-0.39, 0.29) is 11.7 Å². The molecule has 0 aromatic heterocycles. The zero-order valence-electron chi connectivity index (χ0n) is 5.60. The highest BCUT2D eigenvalue weighted by atomic mass is 27.2. The van der Waals surface area contributed by atoms with Crippen LogP contribution in [-0.2, 0) is 7.58 Å². The second-order valence-electron chi connectivity index (χ2n) is 3.15. The summed E-state index contributed by atoms with van der Waals surface area (Å²) in [6.07, 6.45) is 0.0918. The maximum atomic E-state index is 5.21. The normalized spacial score (nSPS) is 21.9. The van der Waals surface area contributed by atoms with Crippen LogP contribution in [0.5, 0.6) is 0 Å². The lowest BCUT2D eigenvalue weighted by Crippen LogP contribution is -2.43. The molecule has 3 heteroatoms. The Balaban J connectivity index is 2.34. The van der Waals surface area contributed by atoms with Gasteiger partial charge in [0.2, 0.25) is 0 Å². The minimum absolute atomic E-state index is 0.0918. The molecule has 0 aromatic carbocycles. The van der Waals surface area contributed by atoms with Crippen LogP contribution in [0, 0.1) is 5.41 Å². The van der Waals surface area contributed by atoms with Crippen molar-refractivity contribution in [3.8, 4) is 0 Å². The molecule has 1 saturated heterocycles. The van der Waals surface area contributed by atoms with E-state index < -0.39 is 15.9 Å². The van der Waals surface area contributed by atoms with Gasteiger partial charge in [0.25, 0.3) is 0 Å². The van der Waals surface area contributed by atoms with Crippen LogP contribution in [0.15, 0.2) is 0 Å². The van der Waals surface area contributed by atoms with Gasteiger partial charge in [0.15, 0.2) is 0 Å². The molecule has 0 aromatic rings. The molecular weight excluding hydrogens is 119 g/mol. The molecule has 0 aliphatic carbocycles. The molecule has 0 radical (unpaired) electrons. The third-order valence-electron chi connectivity index (χ3n) is 1.15. The van der Waals surface area contributed by atoms with Crippen LogP contribution in [-0.4, -0.2) is 22.2 Å². The van der Waals surface area contributed by atoms with Gasteiger partial charge in [-0.15, -0.1) is 0 Å². The van der Waals surface area contributed by atoms with E-state index in [0.717, 1.165) is 0 Å². The van der Waals surface area contributed by atoms with Crippen molar-refractivity contribution in [2.24, 2.45) is 5.41 Å². The van der Waals surface area contributed by atoms with Crippen LogP contribution in [0.1, 0.15) is 20.8 Å². The Hall–Kier alpha value is 0.452. The molecule has 0 N–H and O–H groups in total. The smallest absolute Gasteiger partial charge is 0.459 e. The van der Waals surface area contributed by atoms with Crippen molar-refractivity contribution in [2.45, 2.75) is 27.1 Å². The van der Waals surface area contributed by atoms with Crippen LogP contribution < -0.4 is 0 Å². The summed E-state index contributed by atoms with van der Waals surface area (Å²) >= 11 is -0.522. The minimum Gasteiger partial charge on any atom is -0.459 e. The van der Waals surface area contributed by atoms with Gasteiger partial charge in [-0.1, -0.05) is 20.8 Å². The van der Waals surface area contributed by atoms with Crippen molar-refractivity contribution in [2.75, 3.05) is 0 Å². The van der Waals surface area contributed by atoms with Crippen molar-refractivity contribution >= 4 is 15.9 Å². The maximum Gasteiger partial charge on any atom is 0.653 e. The zero-order valence-corrected chi connectivity index (χ0v) is 7.02. The number of rotatable bonds is 0. The molecule has 1 heterocycles. The lowest BCUT2D eigenvalue weighted by atomic mass is 9.96. The van der Waals surface area contributed by atoms with Gasteiger partial charge in [-0.25, -0.2) is 0 Å². The topological polar surface area (TPSA) is 18.5 Å². The first-order valence-corrected chi connectivity index (χ1v) is 3.99. The average Bonchev–Trinajstić information content (AvgIpc) is 1.16. The van der Waals surface area contributed by atoms with Crippen LogP contribution in [0.4, 0.5) is 0 Å². The predicted molar refractivity (Wildman–Crippen MR) is 32.6 cm³/mol. The minimum atomic E-state index is -0.522. The fourth-order valence-electron chi connectivity index (χ4n) is 0.636. The molecule has 1 aliphatic rings. The average molecular weight is 130 g/mol. The van der Waals surface area contributed by atoms with Gasteiger partial charge < -0.3 is 7.58 Å². The van der Waals surface area contributed by atoms with Crippen molar-refractivity contribution < 1.29 is 7.58 Å². The van der Waals surface area contributed by atoms with Crippen molar-refractivity contribution in [3.05, 3.63) is 0 Å². The highest BCUT2D eigenvalue weighted by molar-refractivity contribution is 6.20. The van der Waals surface area contributed by atoms with Gasteiger partial charge in [0.05, 0.1) is 0 Å². The van der Waals surface area contributed by atoms with E-state index in [1.54, 1.807) is 0 Å². The molecule has 1 aliphatic heterocycles. The van der Waals surface area contributed by atoms with Gasteiger partial charge in [0.1, 0.15) is 6.29 Å². The molecule has 0 spiro atoms. The summed E-state index contributed by atoms with van der Waals surface area (Å²) in [5, 5.41) is 0. The van der Waals surface area contributed by atoms with E-state index in [9.17, 15) is 0 Å². The molecular formula is C5H11AlO2. The highest BCUT2D eigenvalue weighted by Gasteiger charge is 2.33. The Labute approximate surface area is 56.6 Å².